The predicted molar refractivity (Wildman–Crippen MR) is 81.3 cm³/mol. The molecular formula is C14H20N4O2S. The molecule has 0 aliphatic rings. The largest absolute Gasteiger partial charge is 0.336 e. The van der Waals surface area contributed by atoms with Crippen LogP contribution in [-0.4, -0.2) is 31.6 Å². The normalized spacial score (nSPS) is 13.2. The van der Waals surface area contributed by atoms with E-state index in [1.807, 2.05) is 24.6 Å². The second kappa shape index (κ2) is 6.84. The Bertz CT molecular complexity index is 668. The monoisotopic (exact) mass is 308 g/mol. The molecule has 0 bridgehead atoms. The molecule has 1 heterocycles. The summed E-state index contributed by atoms with van der Waals surface area (Å²) >= 11 is 0. The minimum absolute atomic E-state index is 0.103. The van der Waals surface area contributed by atoms with Crippen LogP contribution in [0.15, 0.2) is 47.9 Å². The van der Waals surface area contributed by atoms with E-state index in [0.29, 0.717) is 13.1 Å². The lowest BCUT2D eigenvalue weighted by atomic mass is 10.1. The molecule has 0 saturated carbocycles. The van der Waals surface area contributed by atoms with E-state index < -0.39 is 10.0 Å². The first-order chi connectivity index (χ1) is 10.0. The van der Waals surface area contributed by atoms with Gasteiger partial charge in [-0.3, -0.25) is 0 Å². The number of nitrogens with zero attached hydrogens (tertiary/aromatic N) is 2. The summed E-state index contributed by atoms with van der Waals surface area (Å²) in [5.74, 6) is 0. The van der Waals surface area contributed by atoms with Crippen molar-refractivity contribution < 1.29 is 8.42 Å². The molecule has 6 nitrogen and oxygen atoms in total. The first-order valence-electron chi connectivity index (χ1n) is 6.75. The predicted octanol–water partition coefficient (Wildman–Crippen LogP) is 1.14. The van der Waals surface area contributed by atoms with Gasteiger partial charge in [-0.1, -0.05) is 12.1 Å². The van der Waals surface area contributed by atoms with E-state index in [4.69, 9.17) is 0 Å². The average Bonchev–Trinajstić information content (AvgIpc) is 2.99. The standard InChI is InChI=1S/C14H20N4O2S/c1-12(15-2)13-4-3-5-14(10-13)21(19,20)17-7-9-18-8-6-16-11-18/h3-6,8,10-12,15,17H,7,9H2,1-2H3. The first kappa shape index (κ1) is 15.7. The SMILES string of the molecule is CNC(C)c1cccc(S(=O)(=O)NCCn2ccnc2)c1. The Kier molecular flexibility index (Phi) is 5.11. The smallest absolute Gasteiger partial charge is 0.240 e. The molecule has 1 aromatic heterocycles. The molecule has 114 valence electrons. The Morgan fingerprint density at radius 2 is 2.19 bits per heavy atom. The number of imidazole rings is 1. The second-order valence-corrected chi connectivity index (χ2v) is 6.55. The van der Waals surface area contributed by atoms with Gasteiger partial charge in [0, 0.05) is 31.5 Å². The zero-order valence-corrected chi connectivity index (χ0v) is 13.0. The number of benzene rings is 1. The van der Waals surface area contributed by atoms with E-state index in [9.17, 15) is 8.42 Å². The highest BCUT2D eigenvalue weighted by molar-refractivity contribution is 7.89. The van der Waals surface area contributed by atoms with Crippen molar-refractivity contribution in [1.82, 2.24) is 19.6 Å². The summed E-state index contributed by atoms with van der Waals surface area (Å²) in [6.45, 7) is 2.86. The molecule has 0 fully saturated rings. The van der Waals surface area contributed by atoms with Gasteiger partial charge in [0.05, 0.1) is 11.2 Å². The van der Waals surface area contributed by atoms with Crippen molar-refractivity contribution in [2.24, 2.45) is 0 Å². The molecule has 0 saturated heterocycles. The summed E-state index contributed by atoms with van der Waals surface area (Å²) < 4.78 is 29.0. The molecular weight excluding hydrogens is 288 g/mol. The maximum atomic E-state index is 12.3. The van der Waals surface area contributed by atoms with Gasteiger partial charge in [-0.15, -0.1) is 0 Å². The third-order valence-corrected chi connectivity index (χ3v) is 4.78. The van der Waals surface area contributed by atoms with E-state index in [1.54, 1.807) is 36.9 Å². The van der Waals surface area contributed by atoms with Gasteiger partial charge in [0.1, 0.15) is 0 Å². The summed E-state index contributed by atoms with van der Waals surface area (Å²) in [5.41, 5.74) is 0.940. The molecule has 2 aromatic rings. The van der Waals surface area contributed by atoms with Gasteiger partial charge in [0.15, 0.2) is 0 Å². The Hall–Kier alpha value is -1.70. The number of aromatic nitrogens is 2. The van der Waals surface area contributed by atoms with Crippen LogP contribution < -0.4 is 10.0 Å². The summed E-state index contributed by atoms with van der Waals surface area (Å²) in [6, 6.07) is 7.07. The van der Waals surface area contributed by atoms with Crippen LogP contribution in [0.25, 0.3) is 0 Å². The maximum Gasteiger partial charge on any atom is 0.240 e. The Morgan fingerprint density at radius 3 is 2.86 bits per heavy atom. The minimum Gasteiger partial charge on any atom is -0.336 e. The van der Waals surface area contributed by atoms with Crippen LogP contribution in [0.3, 0.4) is 0 Å². The zero-order valence-electron chi connectivity index (χ0n) is 12.2. The molecule has 1 aromatic carbocycles. The van der Waals surface area contributed by atoms with Gasteiger partial charge >= 0.3 is 0 Å². The van der Waals surface area contributed by atoms with Crippen molar-refractivity contribution in [3.8, 4) is 0 Å². The molecule has 2 rings (SSSR count). The molecule has 0 amide bonds. The Labute approximate surface area is 125 Å². The molecule has 2 N–H and O–H groups in total. The highest BCUT2D eigenvalue weighted by Gasteiger charge is 2.15. The van der Waals surface area contributed by atoms with Crippen LogP contribution in [-0.2, 0) is 16.6 Å². The summed E-state index contributed by atoms with van der Waals surface area (Å²) in [5, 5.41) is 3.10. The van der Waals surface area contributed by atoms with Crippen LogP contribution in [0.1, 0.15) is 18.5 Å². The third kappa shape index (κ3) is 4.13. The van der Waals surface area contributed by atoms with Crippen molar-refractivity contribution in [2.75, 3.05) is 13.6 Å². The van der Waals surface area contributed by atoms with Crippen molar-refractivity contribution in [3.63, 3.8) is 0 Å². The van der Waals surface area contributed by atoms with Crippen LogP contribution in [0.5, 0.6) is 0 Å². The highest BCUT2D eigenvalue weighted by Crippen LogP contribution is 2.16. The van der Waals surface area contributed by atoms with E-state index in [2.05, 4.69) is 15.0 Å². The molecule has 1 unspecified atom stereocenters. The summed E-state index contributed by atoms with van der Waals surface area (Å²) in [6.07, 6.45) is 5.12. The average molecular weight is 308 g/mol. The first-order valence-corrected chi connectivity index (χ1v) is 8.24. The fraction of sp³-hybridized carbons (Fsp3) is 0.357. The van der Waals surface area contributed by atoms with Crippen LogP contribution in [0.2, 0.25) is 0 Å². The molecule has 0 radical (unpaired) electrons. The zero-order chi connectivity index (χ0) is 15.3. The van der Waals surface area contributed by atoms with E-state index in [-0.39, 0.29) is 10.9 Å². The number of rotatable bonds is 7. The maximum absolute atomic E-state index is 12.3. The van der Waals surface area contributed by atoms with Gasteiger partial charge in [-0.2, -0.15) is 0 Å². The van der Waals surface area contributed by atoms with Gasteiger partial charge in [-0.05, 0) is 31.7 Å². The quantitative estimate of drug-likeness (QED) is 0.804. The van der Waals surface area contributed by atoms with Crippen LogP contribution in [0.4, 0.5) is 0 Å². The van der Waals surface area contributed by atoms with Gasteiger partial charge < -0.3 is 9.88 Å². The third-order valence-electron chi connectivity index (χ3n) is 3.32. The lowest BCUT2D eigenvalue weighted by Crippen LogP contribution is -2.27. The summed E-state index contributed by atoms with van der Waals surface area (Å²) in [7, 11) is -1.65. The van der Waals surface area contributed by atoms with Gasteiger partial charge in [0.2, 0.25) is 10.0 Å². The topological polar surface area (TPSA) is 76.0 Å². The minimum atomic E-state index is -3.49. The van der Waals surface area contributed by atoms with Gasteiger partial charge in [0.25, 0.3) is 0 Å². The van der Waals surface area contributed by atoms with E-state index in [0.717, 1.165) is 5.56 Å². The molecule has 0 spiro atoms. The Balaban J connectivity index is 2.05. The van der Waals surface area contributed by atoms with Crippen LogP contribution >= 0.6 is 0 Å². The lowest BCUT2D eigenvalue weighted by molar-refractivity contribution is 0.572. The molecule has 7 heteroatoms. The fourth-order valence-electron chi connectivity index (χ4n) is 1.93. The van der Waals surface area contributed by atoms with Crippen molar-refractivity contribution in [1.29, 1.82) is 0 Å². The number of hydrogen-bond donors (Lipinski definition) is 2. The molecule has 0 aliphatic carbocycles. The molecule has 0 aliphatic heterocycles. The highest BCUT2D eigenvalue weighted by atomic mass is 32.2. The Morgan fingerprint density at radius 1 is 1.38 bits per heavy atom. The number of nitrogens with one attached hydrogen (secondary N) is 2. The van der Waals surface area contributed by atoms with Crippen LogP contribution in [0, 0.1) is 0 Å². The summed E-state index contributed by atoms with van der Waals surface area (Å²) in [4.78, 5) is 4.20. The fourth-order valence-corrected chi connectivity index (χ4v) is 3.00. The molecule has 1 atom stereocenters. The second-order valence-electron chi connectivity index (χ2n) is 4.78. The van der Waals surface area contributed by atoms with Gasteiger partial charge in [-0.25, -0.2) is 18.1 Å². The van der Waals surface area contributed by atoms with E-state index in [1.165, 1.54) is 0 Å². The lowest BCUT2D eigenvalue weighted by Gasteiger charge is -2.13. The van der Waals surface area contributed by atoms with Crippen molar-refractivity contribution in [3.05, 3.63) is 48.5 Å². The molecule has 21 heavy (non-hydrogen) atoms. The van der Waals surface area contributed by atoms with Crippen molar-refractivity contribution in [2.45, 2.75) is 24.4 Å². The van der Waals surface area contributed by atoms with E-state index >= 15 is 0 Å². The number of hydrogen-bond acceptors (Lipinski definition) is 4. The number of sulfonamides is 1. The van der Waals surface area contributed by atoms with Crippen molar-refractivity contribution >= 4 is 10.0 Å².